The van der Waals surface area contributed by atoms with Crippen LogP contribution in [0.4, 0.5) is 0 Å². The van der Waals surface area contributed by atoms with Gasteiger partial charge in [0.15, 0.2) is 0 Å². The lowest BCUT2D eigenvalue weighted by atomic mass is 10.0. The molecule has 31 heavy (non-hydrogen) atoms. The quantitative estimate of drug-likeness (QED) is 0.323. The number of hydrogen-bond acceptors (Lipinski definition) is 10. The minimum Gasteiger partial charge on any atom is -0.477 e. The van der Waals surface area contributed by atoms with Crippen molar-refractivity contribution in [3.8, 4) is 0 Å². The van der Waals surface area contributed by atoms with Crippen LogP contribution < -0.4 is 11.1 Å². The first kappa shape index (κ1) is 21.8. The minimum absolute atomic E-state index is 0.0251. The fourth-order valence-electron chi connectivity index (χ4n) is 3.30. The second-order valence-electron chi connectivity index (χ2n) is 6.73. The van der Waals surface area contributed by atoms with Gasteiger partial charge in [-0.3, -0.25) is 14.5 Å². The van der Waals surface area contributed by atoms with E-state index in [-0.39, 0.29) is 18.0 Å². The first-order valence-electron chi connectivity index (χ1n) is 9.30. The van der Waals surface area contributed by atoms with Crippen LogP contribution in [0.3, 0.4) is 0 Å². The van der Waals surface area contributed by atoms with Crippen LogP contribution >= 0.6 is 34.9 Å². The summed E-state index contributed by atoms with van der Waals surface area (Å²) < 4.78 is 1.55. The maximum absolute atomic E-state index is 12.7. The van der Waals surface area contributed by atoms with Gasteiger partial charge in [0.2, 0.25) is 11.1 Å². The number of rotatable bonds is 9. The van der Waals surface area contributed by atoms with Gasteiger partial charge in [-0.1, -0.05) is 17.8 Å². The van der Waals surface area contributed by atoms with Crippen LogP contribution in [-0.4, -0.2) is 77.5 Å². The number of thioether (sulfide) groups is 2. The molecule has 0 saturated carbocycles. The summed E-state index contributed by atoms with van der Waals surface area (Å²) in [4.78, 5) is 39.1. The maximum Gasteiger partial charge on any atom is 0.352 e. The Hall–Kier alpha value is -2.42. The number of carboxylic acids is 1. The van der Waals surface area contributed by atoms with Crippen molar-refractivity contribution >= 4 is 52.6 Å². The topological polar surface area (TPSA) is 156 Å². The highest BCUT2D eigenvalue weighted by atomic mass is 32.2. The lowest BCUT2D eigenvalue weighted by Crippen LogP contribution is -2.70. The van der Waals surface area contributed by atoms with Gasteiger partial charge >= 0.3 is 5.97 Å². The summed E-state index contributed by atoms with van der Waals surface area (Å²) in [5, 5.41) is 25.9. The SMILES string of the molecule is NCCn1nnnc1SCC1=C(C(=O)O)N2C(=O)C(NC(=O)Cc3cccs3)[C@H]2SC1. The Labute approximate surface area is 189 Å². The molecule has 4 N–H and O–H groups in total. The Bertz CT molecular complexity index is 1020. The van der Waals surface area contributed by atoms with Crippen molar-refractivity contribution in [2.45, 2.75) is 29.5 Å². The molecule has 2 aromatic heterocycles. The average Bonchev–Trinajstić information content (AvgIpc) is 3.42. The van der Waals surface area contributed by atoms with Gasteiger partial charge in [0.05, 0.1) is 13.0 Å². The molecule has 0 spiro atoms. The van der Waals surface area contributed by atoms with Gasteiger partial charge in [0.25, 0.3) is 5.91 Å². The van der Waals surface area contributed by atoms with Crippen LogP contribution in [0.25, 0.3) is 0 Å². The molecule has 4 heterocycles. The molecule has 1 fully saturated rings. The van der Waals surface area contributed by atoms with Crippen LogP contribution in [0.2, 0.25) is 0 Å². The predicted molar refractivity (Wildman–Crippen MR) is 115 cm³/mol. The molecule has 14 heteroatoms. The number of fused-ring (bicyclic) bond motifs is 1. The summed E-state index contributed by atoms with van der Waals surface area (Å²) in [6, 6.07) is 2.99. The van der Waals surface area contributed by atoms with E-state index in [0.29, 0.717) is 35.3 Å². The van der Waals surface area contributed by atoms with E-state index in [2.05, 4.69) is 20.8 Å². The highest BCUT2D eigenvalue weighted by Gasteiger charge is 2.54. The monoisotopic (exact) mass is 481 g/mol. The molecule has 0 aromatic carbocycles. The number of β-lactam (4-membered cyclic amide) rings is 1. The van der Waals surface area contributed by atoms with Crippen LogP contribution in [-0.2, 0) is 27.3 Å². The second kappa shape index (κ2) is 9.38. The molecular weight excluding hydrogens is 462 g/mol. The molecule has 2 amide bonds. The van der Waals surface area contributed by atoms with Crippen molar-refractivity contribution in [1.29, 1.82) is 0 Å². The zero-order chi connectivity index (χ0) is 22.0. The number of thiophene rings is 1. The Morgan fingerprint density at radius 1 is 1.42 bits per heavy atom. The first-order valence-corrected chi connectivity index (χ1v) is 12.2. The number of nitrogens with one attached hydrogen (secondary N) is 1. The Morgan fingerprint density at radius 3 is 2.97 bits per heavy atom. The van der Waals surface area contributed by atoms with E-state index in [9.17, 15) is 19.5 Å². The molecule has 1 unspecified atom stereocenters. The lowest BCUT2D eigenvalue weighted by Gasteiger charge is -2.49. The van der Waals surface area contributed by atoms with Crippen molar-refractivity contribution in [2.75, 3.05) is 18.1 Å². The largest absolute Gasteiger partial charge is 0.477 e. The van der Waals surface area contributed by atoms with Gasteiger partial charge in [-0.05, 0) is 27.4 Å². The van der Waals surface area contributed by atoms with E-state index in [0.717, 1.165) is 4.88 Å². The fraction of sp³-hybridized carbons (Fsp3) is 0.412. The van der Waals surface area contributed by atoms with Crippen molar-refractivity contribution in [1.82, 2.24) is 30.4 Å². The molecule has 0 aliphatic carbocycles. The second-order valence-corrected chi connectivity index (χ2v) is 9.81. The number of carbonyl (C=O) groups is 3. The van der Waals surface area contributed by atoms with E-state index in [1.807, 2.05) is 17.5 Å². The number of carbonyl (C=O) groups excluding carboxylic acids is 2. The number of nitrogens with zero attached hydrogens (tertiary/aromatic N) is 5. The highest BCUT2D eigenvalue weighted by molar-refractivity contribution is 8.01. The molecule has 1 saturated heterocycles. The van der Waals surface area contributed by atoms with Gasteiger partial charge in [-0.2, -0.15) is 0 Å². The lowest BCUT2D eigenvalue weighted by molar-refractivity contribution is -0.150. The Morgan fingerprint density at radius 2 is 2.26 bits per heavy atom. The number of hydrogen-bond donors (Lipinski definition) is 3. The summed E-state index contributed by atoms with van der Waals surface area (Å²) >= 11 is 4.20. The molecule has 0 radical (unpaired) electrons. The number of amides is 2. The number of nitrogens with two attached hydrogens (primary N) is 1. The number of aromatic nitrogens is 4. The first-order chi connectivity index (χ1) is 15.0. The minimum atomic E-state index is -1.17. The van der Waals surface area contributed by atoms with Gasteiger partial charge in [-0.25, -0.2) is 9.48 Å². The molecule has 0 bridgehead atoms. The third-order valence-corrected chi connectivity index (χ3v) is 7.96. The third kappa shape index (κ3) is 4.46. The maximum atomic E-state index is 12.7. The van der Waals surface area contributed by atoms with Crippen molar-refractivity contribution < 1.29 is 19.5 Å². The number of tetrazole rings is 1. The Balaban J connectivity index is 1.43. The molecule has 2 aromatic rings. The average molecular weight is 482 g/mol. The molecule has 2 aliphatic heterocycles. The van der Waals surface area contributed by atoms with E-state index in [1.165, 1.54) is 39.8 Å². The summed E-state index contributed by atoms with van der Waals surface area (Å²) in [7, 11) is 0. The van der Waals surface area contributed by atoms with Crippen molar-refractivity contribution in [2.24, 2.45) is 5.73 Å². The molecule has 164 valence electrons. The standard InChI is InChI=1S/C17H19N7O4S3/c18-3-4-23-17(20-21-22-23)31-8-9-7-30-15-12(14(26)24(15)13(9)16(27)28)19-11(25)6-10-2-1-5-29-10/h1-2,5,12,15H,3-4,6-8,18H2,(H,19,25)(H,27,28)/t12?,15-/m1/s1. The zero-order valence-electron chi connectivity index (χ0n) is 16.1. The van der Waals surface area contributed by atoms with E-state index in [1.54, 1.807) is 4.68 Å². The molecule has 2 aliphatic rings. The normalized spacial score (nSPS) is 20.4. The van der Waals surface area contributed by atoms with Crippen LogP contribution in [0, 0.1) is 0 Å². The molecule has 11 nitrogen and oxygen atoms in total. The summed E-state index contributed by atoms with van der Waals surface area (Å²) in [6.45, 7) is 0.829. The van der Waals surface area contributed by atoms with Crippen molar-refractivity contribution in [3.63, 3.8) is 0 Å². The van der Waals surface area contributed by atoms with E-state index in [4.69, 9.17) is 5.73 Å². The summed E-state index contributed by atoms with van der Waals surface area (Å²) in [6.07, 6.45) is 0.194. The summed E-state index contributed by atoms with van der Waals surface area (Å²) in [5.74, 6) is -1.08. The summed E-state index contributed by atoms with van der Waals surface area (Å²) in [5.41, 5.74) is 6.13. The molecular formula is C17H19N7O4S3. The molecule has 2 atom stereocenters. The van der Waals surface area contributed by atoms with Gasteiger partial charge in [-0.15, -0.1) is 28.2 Å². The highest BCUT2D eigenvalue weighted by Crippen LogP contribution is 2.41. The van der Waals surface area contributed by atoms with Crippen LogP contribution in [0.1, 0.15) is 4.88 Å². The van der Waals surface area contributed by atoms with E-state index < -0.39 is 23.3 Å². The number of carboxylic acid groups (broad SMARTS) is 1. The third-order valence-electron chi connectivity index (χ3n) is 4.70. The Kier molecular flexibility index (Phi) is 6.60. The van der Waals surface area contributed by atoms with Gasteiger partial charge in [0.1, 0.15) is 17.1 Å². The smallest absolute Gasteiger partial charge is 0.352 e. The predicted octanol–water partition coefficient (Wildman–Crippen LogP) is -0.233. The fourth-order valence-corrected chi connectivity index (χ4v) is 6.40. The zero-order valence-corrected chi connectivity index (χ0v) is 18.6. The number of aliphatic carboxylic acids is 1. The van der Waals surface area contributed by atoms with E-state index >= 15 is 0 Å². The van der Waals surface area contributed by atoms with Crippen LogP contribution in [0.15, 0.2) is 33.9 Å². The molecule has 4 rings (SSSR count). The van der Waals surface area contributed by atoms with Gasteiger partial charge in [0, 0.05) is 22.9 Å². The van der Waals surface area contributed by atoms with Crippen molar-refractivity contribution in [3.05, 3.63) is 33.7 Å². The van der Waals surface area contributed by atoms with Gasteiger partial charge < -0.3 is 16.2 Å². The van der Waals surface area contributed by atoms with Crippen LogP contribution in [0.5, 0.6) is 0 Å².